The molecule has 0 aliphatic carbocycles. The molecule has 3 N–H and O–H groups in total. The zero-order chi connectivity index (χ0) is 8.85. The number of esters is 1. The van der Waals surface area contributed by atoms with E-state index < -0.39 is 11.9 Å². The number of carbonyl (C=O) groups is 1. The summed E-state index contributed by atoms with van der Waals surface area (Å²) < 4.78 is 4.70. The van der Waals surface area contributed by atoms with Crippen LogP contribution in [0.5, 0.6) is 0 Å². The molecule has 0 aliphatic heterocycles. The van der Waals surface area contributed by atoms with Gasteiger partial charge in [-0.2, -0.15) is 0 Å². The largest absolute Gasteiger partial charge is 0.465 e. The van der Waals surface area contributed by atoms with Gasteiger partial charge in [0.05, 0.1) is 6.61 Å². The molecule has 64 valence electrons. The fourth-order valence-electron chi connectivity index (χ4n) is 0.756. The Hall–Kier alpha value is -1.06. The minimum Gasteiger partial charge on any atom is -0.465 e. The molecule has 0 aromatic rings. The van der Waals surface area contributed by atoms with E-state index in [0.717, 1.165) is 0 Å². The number of ether oxygens (including phenoxy) is 1. The van der Waals surface area contributed by atoms with Crippen LogP contribution in [-0.2, 0) is 9.53 Å². The molecule has 0 fully saturated rings. The molecular formula is C7H14N2O2. The normalized spacial score (nSPS) is 12.2. The molecular weight excluding hydrogens is 144 g/mol. The van der Waals surface area contributed by atoms with Gasteiger partial charge in [-0.1, -0.05) is 6.92 Å². The third kappa shape index (κ3) is 3.02. The first-order chi connectivity index (χ1) is 5.13. The van der Waals surface area contributed by atoms with Gasteiger partial charge in [0.1, 0.15) is 11.8 Å². The maximum absolute atomic E-state index is 11.0. The van der Waals surface area contributed by atoms with Crippen molar-refractivity contribution in [3.8, 4) is 0 Å². The van der Waals surface area contributed by atoms with E-state index in [-0.39, 0.29) is 5.84 Å². The van der Waals surface area contributed by atoms with Crippen LogP contribution in [0.1, 0.15) is 20.3 Å². The highest BCUT2D eigenvalue weighted by Gasteiger charge is 2.19. The lowest BCUT2D eigenvalue weighted by molar-refractivity contribution is -0.145. The van der Waals surface area contributed by atoms with Gasteiger partial charge in [-0.25, -0.2) is 0 Å². The van der Waals surface area contributed by atoms with E-state index in [1.165, 1.54) is 0 Å². The average molecular weight is 158 g/mol. The first kappa shape index (κ1) is 9.94. The summed E-state index contributed by atoms with van der Waals surface area (Å²) >= 11 is 0. The van der Waals surface area contributed by atoms with Gasteiger partial charge < -0.3 is 10.5 Å². The Kier molecular flexibility index (Phi) is 4.26. The van der Waals surface area contributed by atoms with Crippen molar-refractivity contribution >= 4 is 11.8 Å². The second kappa shape index (κ2) is 4.71. The molecule has 0 aromatic carbocycles. The van der Waals surface area contributed by atoms with E-state index in [2.05, 4.69) is 0 Å². The molecule has 0 bridgehead atoms. The van der Waals surface area contributed by atoms with Gasteiger partial charge in [0, 0.05) is 0 Å². The fourth-order valence-corrected chi connectivity index (χ4v) is 0.756. The van der Waals surface area contributed by atoms with E-state index in [1.54, 1.807) is 13.8 Å². The standard InChI is InChI=1S/C7H14N2O2/c1-3-5(6(8)9)7(10)11-4-2/h5H,3-4H2,1-2H3,(H3,8,9). The Morgan fingerprint density at radius 3 is 2.45 bits per heavy atom. The van der Waals surface area contributed by atoms with Gasteiger partial charge in [-0.15, -0.1) is 0 Å². The van der Waals surface area contributed by atoms with Gasteiger partial charge in [0.2, 0.25) is 0 Å². The summed E-state index contributed by atoms with van der Waals surface area (Å²) in [5.41, 5.74) is 5.16. The molecule has 0 aromatic heterocycles. The van der Waals surface area contributed by atoms with Crippen molar-refractivity contribution in [2.45, 2.75) is 20.3 Å². The highest BCUT2D eigenvalue weighted by atomic mass is 16.5. The van der Waals surface area contributed by atoms with E-state index in [9.17, 15) is 4.79 Å². The zero-order valence-corrected chi connectivity index (χ0v) is 6.89. The zero-order valence-electron chi connectivity index (χ0n) is 6.89. The molecule has 1 atom stereocenters. The fraction of sp³-hybridized carbons (Fsp3) is 0.714. The number of hydrogen-bond donors (Lipinski definition) is 2. The highest BCUT2D eigenvalue weighted by molar-refractivity contribution is 5.98. The van der Waals surface area contributed by atoms with E-state index >= 15 is 0 Å². The third-order valence-electron chi connectivity index (χ3n) is 1.35. The van der Waals surface area contributed by atoms with Crippen molar-refractivity contribution in [1.29, 1.82) is 5.41 Å². The molecule has 0 saturated heterocycles. The summed E-state index contributed by atoms with van der Waals surface area (Å²) in [6.45, 7) is 3.86. The van der Waals surface area contributed by atoms with Crippen LogP contribution in [-0.4, -0.2) is 18.4 Å². The van der Waals surface area contributed by atoms with Gasteiger partial charge in [-0.3, -0.25) is 10.2 Å². The molecule has 0 aliphatic rings. The Balaban J connectivity index is 4.03. The number of hydrogen-bond acceptors (Lipinski definition) is 3. The topological polar surface area (TPSA) is 76.2 Å². The van der Waals surface area contributed by atoms with Crippen LogP contribution in [0.4, 0.5) is 0 Å². The summed E-state index contributed by atoms with van der Waals surface area (Å²) in [6.07, 6.45) is 0.522. The first-order valence-corrected chi connectivity index (χ1v) is 3.64. The van der Waals surface area contributed by atoms with Crippen molar-refractivity contribution in [3.05, 3.63) is 0 Å². The molecule has 0 amide bonds. The Morgan fingerprint density at radius 1 is 1.64 bits per heavy atom. The number of nitrogens with one attached hydrogen (secondary N) is 1. The van der Waals surface area contributed by atoms with Crippen molar-refractivity contribution in [2.75, 3.05) is 6.61 Å². The summed E-state index contributed by atoms with van der Waals surface area (Å²) in [5, 5.41) is 7.04. The summed E-state index contributed by atoms with van der Waals surface area (Å²) in [5.74, 6) is -1.08. The molecule has 0 saturated carbocycles. The predicted molar refractivity (Wildman–Crippen MR) is 42.3 cm³/mol. The summed E-state index contributed by atoms with van der Waals surface area (Å²) in [7, 11) is 0. The lowest BCUT2D eigenvalue weighted by atomic mass is 10.1. The van der Waals surface area contributed by atoms with Crippen LogP contribution in [0.15, 0.2) is 0 Å². The van der Waals surface area contributed by atoms with Crippen molar-refractivity contribution in [3.63, 3.8) is 0 Å². The first-order valence-electron chi connectivity index (χ1n) is 3.64. The average Bonchev–Trinajstić information content (AvgIpc) is 1.88. The van der Waals surface area contributed by atoms with Gasteiger partial charge in [-0.05, 0) is 13.3 Å². The second-order valence-corrected chi connectivity index (χ2v) is 2.17. The Bertz CT molecular complexity index is 157. The molecule has 0 heterocycles. The summed E-state index contributed by atoms with van der Waals surface area (Å²) in [6, 6.07) is 0. The van der Waals surface area contributed by atoms with Crippen LogP contribution in [0.3, 0.4) is 0 Å². The number of nitrogens with two attached hydrogens (primary N) is 1. The van der Waals surface area contributed by atoms with Crippen molar-refractivity contribution in [2.24, 2.45) is 11.7 Å². The van der Waals surface area contributed by atoms with Gasteiger partial charge >= 0.3 is 5.97 Å². The maximum atomic E-state index is 11.0. The van der Waals surface area contributed by atoms with Crippen LogP contribution in [0, 0.1) is 11.3 Å². The highest BCUT2D eigenvalue weighted by Crippen LogP contribution is 2.03. The minimum absolute atomic E-state index is 0.119. The molecule has 0 rings (SSSR count). The van der Waals surface area contributed by atoms with Crippen LogP contribution < -0.4 is 5.73 Å². The van der Waals surface area contributed by atoms with Crippen molar-refractivity contribution in [1.82, 2.24) is 0 Å². The van der Waals surface area contributed by atoms with Crippen LogP contribution in [0.25, 0.3) is 0 Å². The molecule has 0 radical (unpaired) electrons. The Labute approximate surface area is 66.2 Å². The molecule has 0 spiro atoms. The second-order valence-electron chi connectivity index (χ2n) is 2.17. The number of rotatable bonds is 4. The molecule has 4 nitrogen and oxygen atoms in total. The lowest BCUT2D eigenvalue weighted by Gasteiger charge is -2.10. The Morgan fingerprint density at radius 2 is 2.18 bits per heavy atom. The molecule has 11 heavy (non-hydrogen) atoms. The smallest absolute Gasteiger partial charge is 0.316 e. The molecule has 1 unspecified atom stereocenters. The monoisotopic (exact) mass is 158 g/mol. The minimum atomic E-state index is -0.560. The van der Waals surface area contributed by atoms with E-state index in [4.69, 9.17) is 15.9 Å². The van der Waals surface area contributed by atoms with Crippen LogP contribution >= 0.6 is 0 Å². The SMILES string of the molecule is CCOC(=O)C(CC)C(=N)N. The number of carbonyl (C=O) groups excluding carboxylic acids is 1. The maximum Gasteiger partial charge on any atom is 0.316 e. The third-order valence-corrected chi connectivity index (χ3v) is 1.35. The summed E-state index contributed by atoms with van der Waals surface area (Å²) in [4.78, 5) is 11.0. The van der Waals surface area contributed by atoms with Gasteiger partial charge in [0.15, 0.2) is 0 Å². The van der Waals surface area contributed by atoms with E-state index in [0.29, 0.717) is 13.0 Å². The number of amidine groups is 1. The van der Waals surface area contributed by atoms with Crippen molar-refractivity contribution < 1.29 is 9.53 Å². The predicted octanol–water partition coefficient (Wildman–Crippen LogP) is 0.512. The van der Waals surface area contributed by atoms with Gasteiger partial charge in [0.25, 0.3) is 0 Å². The van der Waals surface area contributed by atoms with E-state index in [1.807, 2.05) is 0 Å². The quantitative estimate of drug-likeness (QED) is 0.355. The molecule has 4 heteroatoms. The lowest BCUT2D eigenvalue weighted by Crippen LogP contribution is -2.30. The van der Waals surface area contributed by atoms with Crippen LogP contribution in [0.2, 0.25) is 0 Å².